The number of aromatic nitrogens is 1. The van der Waals surface area contributed by atoms with Crippen molar-refractivity contribution in [3.05, 3.63) is 30.0 Å². The quantitative estimate of drug-likeness (QED) is 0.915. The van der Waals surface area contributed by atoms with Gasteiger partial charge < -0.3 is 14.6 Å². The molecule has 4 nitrogen and oxygen atoms in total. The van der Waals surface area contributed by atoms with Crippen LogP contribution in [-0.4, -0.2) is 50.3 Å². The summed E-state index contributed by atoms with van der Waals surface area (Å²) >= 11 is 0. The maximum Gasteiger partial charge on any atom is 0.0594 e. The normalized spacial score (nSPS) is 16.9. The molecule has 4 heteroatoms. The van der Waals surface area contributed by atoms with Gasteiger partial charge in [-0.2, -0.15) is 0 Å². The minimum atomic E-state index is 0.852. The molecule has 0 atom stereocenters. The largest absolute Gasteiger partial charge is 0.379 e. The van der Waals surface area contributed by atoms with Crippen molar-refractivity contribution in [2.45, 2.75) is 6.54 Å². The average Bonchev–Trinajstić information content (AvgIpc) is 2.82. The standard InChI is InChI=1S/C15H21N3O/c1-17(2)13-3-4-15-14(9-13)12(10-16-15)11-18-5-7-19-8-6-18/h3-4,9-10,16H,5-8,11H2,1-2H3. The first-order valence-electron chi connectivity index (χ1n) is 6.81. The lowest BCUT2D eigenvalue weighted by Crippen LogP contribution is -2.35. The molecule has 0 radical (unpaired) electrons. The molecule has 0 bridgehead atoms. The molecule has 1 fully saturated rings. The Hall–Kier alpha value is -1.52. The Bertz CT molecular complexity index is 556. The summed E-state index contributed by atoms with van der Waals surface area (Å²) in [6.07, 6.45) is 2.14. The number of ether oxygens (including phenoxy) is 1. The zero-order valence-electron chi connectivity index (χ0n) is 11.6. The molecule has 0 amide bonds. The first kappa shape index (κ1) is 12.5. The Balaban J connectivity index is 1.87. The lowest BCUT2D eigenvalue weighted by Gasteiger charge is -2.26. The lowest BCUT2D eigenvalue weighted by molar-refractivity contribution is 0.0343. The van der Waals surface area contributed by atoms with Gasteiger partial charge in [0.15, 0.2) is 0 Å². The van der Waals surface area contributed by atoms with Crippen LogP contribution >= 0.6 is 0 Å². The van der Waals surface area contributed by atoms with E-state index in [4.69, 9.17) is 4.74 Å². The van der Waals surface area contributed by atoms with Gasteiger partial charge in [0.1, 0.15) is 0 Å². The van der Waals surface area contributed by atoms with Crippen LogP contribution in [0.25, 0.3) is 10.9 Å². The summed E-state index contributed by atoms with van der Waals surface area (Å²) in [5.41, 5.74) is 3.84. The zero-order chi connectivity index (χ0) is 13.2. The van der Waals surface area contributed by atoms with Crippen molar-refractivity contribution in [3.8, 4) is 0 Å². The van der Waals surface area contributed by atoms with E-state index in [-0.39, 0.29) is 0 Å². The van der Waals surface area contributed by atoms with Gasteiger partial charge in [0.25, 0.3) is 0 Å². The molecule has 3 rings (SSSR count). The molecule has 1 aliphatic rings. The average molecular weight is 259 g/mol. The van der Waals surface area contributed by atoms with Gasteiger partial charge in [0, 0.05) is 56.5 Å². The summed E-state index contributed by atoms with van der Waals surface area (Å²) in [5.74, 6) is 0. The maximum atomic E-state index is 5.40. The van der Waals surface area contributed by atoms with Gasteiger partial charge in [-0.1, -0.05) is 0 Å². The molecule has 1 aliphatic heterocycles. The summed E-state index contributed by atoms with van der Waals surface area (Å²) in [7, 11) is 4.16. The molecule has 1 aromatic heterocycles. The van der Waals surface area contributed by atoms with Crippen molar-refractivity contribution in [1.82, 2.24) is 9.88 Å². The monoisotopic (exact) mass is 259 g/mol. The lowest BCUT2D eigenvalue weighted by atomic mass is 10.1. The van der Waals surface area contributed by atoms with E-state index in [0.29, 0.717) is 0 Å². The Morgan fingerprint density at radius 2 is 2.05 bits per heavy atom. The van der Waals surface area contributed by atoms with Crippen LogP contribution in [0.4, 0.5) is 5.69 Å². The third-order valence-corrected chi connectivity index (χ3v) is 3.77. The van der Waals surface area contributed by atoms with Crippen LogP contribution in [0.15, 0.2) is 24.4 Å². The number of nitrogens with one attached hydrogen (secondary N) is 1. The first-order valence-corrected chi connectivity index (χ1v) is 6.81. The van der Waals surface area contributed by atoms with Crippen LogP contribution < -0.4 is 4.90 Å². The van der Waals surface area contributed by atoms with Gasteiger partial charge in [-0.15, -0.1) is 0 Å². The number of anilines is 1. The van der Waals surface area contributed by atoms with Crippen LogP contribution in [0.2, 0.25) is 0 Å². The third kappa shape index (κ3) is 2.60. The molecule has 0 spiro atoms. The highest BCUT2D eigenvalue weighted by molar-refractivity contribution is 5.86. The molecule has 0 unspecified atom stereocenters. The Morgan fingerprint density at radius 3 is 2.79 bits per heavy atom. The molecule has 0 saturated carbocycles. The highest BCUT2D eigenvalue weighted by Gasteiger charge is 2.13. The second-order valence-electron chi connectivity index (χ2n) is 5.33. The smallest absolute Gasteiger partial charge is 0.0594 e. The number of hydrogen-bond acceptors (Lipinski definition) is 3. The Morgan fingerprint density at radius 1 is 1.26 bits per heavy atom. The molecule has 2 heterocycles. The number of aromatic amines is 1. The van der Waals surface area contributed by atoms with Crippen molar-refractivity contribution in [3.63, 3.8) is 0 Å². The van der Waals surface area contributed by atoms with E-state index in [1.807, 2.05) is 0 Å². The van der Waals surface area contributed by atoms with Crippen molar-refractivity contribution in [1.29, 1.82) is 0 Å². The number of H-pyrrole nitrogens is 1. The fourth-order valence-corrected chi connectivity index (χ4v) is 2.58. The Labute approximate surface area is 114 Å². The van der Waals surface area contributed by atoms with Crippen LogP contribution in [0.1, 0.15) is 5.56 Å². The van der Waals surface area contributed by atoms with E-state index in [1.54, 1.807) is 0 Å². The van der Waals surface area contributed by atoms with Gasteiger partial charge in [-0.3, -0.25) is 4.90 Å². The summed E-state index contributed by atoms with van der Waals surface area (Å²) in [6.45, 7) is 4.76. The molecule has 1 N–H and O–H groups in total. The predicted molar refractivity (Wildman–Crippen MR) is 78.7 cm³/mol. The molecule has 1 saturated heterocycles. The van der Waals surface area contributed by atoms with Gasteiger partial charge in [0.2, 0.25) is 0 Å². The van der Waals surface area contributed by atoms with E-state index >= 15 is 0 Å². The maximum absolute atomic E-state index is 5.40. The van der Waals surface area contributed by atoms with Crippen molar-refractivity contribution >= 4 is 16.6 Å². The van der Waals surface area contributed by atoms with Gasteiger partial charge in [0.05, 0.1) is 13.2 Å². The van der Waals surface area contributed by atoms with E-state index < -0.39 is 0 Å². The number of fused-ring (bicyclic) bond motifs is 1. The fourth-order valence-electron chi connectivity index (χ4n) is 2.58. The third-order valence-electron chi connectivity index (χ3n) is 3.77. The second kappa shape index (κ2) is 5.23. The summed E-state index contributed by atoms with van der Waals surface area (Å²) in [4.78, 5) is 7.96. The number of rotatable bonds is 3. The molecular weight excluding hydrogens is 238 g/mol. The molecule has 102 valence electrons. The molecular formula is C15H21N3O. The van der Waals surface area contributed by atoms with E-state index in [2.05, 4.69) is 53.3 Å². The van der Waals surface area contributed by atoms with E-state index in [0.717, 1.165) is 32.8 Å². The minimum Gasteiger partial charge on any atom is -0.379 e. The Kier molecular flexibility index (Phi) is 3.44. The molecule has 19 heavy (non-hydrogen) atoms. The number of nitrogens with zero attached hydrogens (tertiary/aromatic N) is 2. The SMILES string of the molecule is CN(C)c1ccc2[nH]cc(CN3CCOCC3)c2c1. The molecule has 1 aromatic carbocycles. The molecule has 2 aromatic rings. The molecule has 0 aliphatic carbocycles. The van der Waals surface area contributed by atoms with Crippen LogP contribution in [-0.2, 0) is 11.3 Å². The fraction of sp³-hybridized carbons (Fsp3) is 0.467. The number of morpholine rings is 1. The topological polar surface area (TPSA) is 31.5 Å². The van der Waals surface area contributed by atoms with Crippen molar-refractivity contribution < 1.29 is 4.74 Å². The van der Waals surface area contributed by atoms with Crippen LogP contribution in [0.5, 0.6) is 0 Å². The summed E-state index contributed by atoms with van der Waals surface area (Å²) in [6, 6.07) is 6.58. The predicted octanol–water partition coefficient (Wildman–Crippen LogP) is 2.07. The highest BCUT2D eigenvalue weighted by Crippen LogP contribution is 2.24. The first-order chi connectivity index (χ1) is 9.24. The van der Waals surface area contributed by atoms with Gasteiger partial charge in [-0.05, 0) is 23.8 Å². The van der Waals surface area contributed by atoms with Gasteiger partial charge in [-0.25, -0.2) is 0 Å². The number of benzene rings is 1. The van der Waals surface area contributed by atoms with Crippen LogP contribution in [0.3, 0.4) is 0 Å². The van der Waals surface area contributed by atoms with Crippen molar-refractivity contribution in [2.75, 3.05) is 45.3 Å². The number of hydrogen-bond donors (Lipinski definition) is 1. The van der Waals surface area contributed by atoms with Crippen molar-refractivity contribution in [2.24, 2.45) is 0 Å². The summed E-state index contributed by atoms with van der Waals surface area (Å²) in [5, 5.41) is 1.33. The summed E-state index contributed by atoms with van der Waals surface area (Å²) < 4.78 is 5.40. The van der Waals surface area contributed by atoms with Crippen LogP contribution in [0, 0.1) is 0 Å². The second-order valence-corrected chi connectivity index (χ2v) is 5.33. The van der Waals surface area contributed by atoms with E-state index in [1.165, 1.54) is 22.2 Å². The van der Waals surface area contributed by atoms with E-state index in [9.17, 15) is 0 Å². The minimum absolute atomic E-state index is 0.852. The highest BCUT2D eigenvalue weighted by atomic mass is 16.5. The zero-order valence-corrected chi connectivity index (χ0v) is 11.6. The van der Waals surface area contributed by atoms with Gasteiger partial charge >= 0.3 is 0 Å².